The Bertz CT molecular complexity index is 938. The molecule has 1 aliphatic rings. The van der Waals surface area contributed by atoms with Crippen LogP contribution in [0.15, 0.2) is 52.7 Å². The van der Waals surface area contributed by atoms with Crippen LogP contribution in [0.3, 0.4) is 0 Å². The molecule has 1 unspecified atom stereocenters. The SMILES string of the molecule is CCC(NC(=O)CCC(=O)N1CCN(S(=O)(=O)c2ccccc2)CC1)c1cccs1. The van der Waals surface area contributed by atoms with E-state index in [1.54, 1.807) is 46.6 Å². The van der Waals surface area contributed by atoms with E-state index < -0.39 is 10.0 Å². The average molecular weight is 450 g/mol. The second-order valence-corrected chi connectivity index (χ2v) is 10.1. The van der Waals surface area contributed by atoms with Crippen LogP contribution < -0.4 is 5.32 Å². The highest BCUT2D eigenvalue weighted by Gasteiger charge is 2.30. The lowest BCUT2D eigenvalue weighted by molar-refractivity contribution is -0.134. The van der Waals surface area contributed by atoms with Crippen LogP contribution in [0.2, 0.25) is 0 Å². The van der Waals surface area contributed by atoms with Crippen molar-refractivity contribution in [2.45, 2.75) is 37.1 Å². The molecule has 2 amide bonds. The monoisotopic (exact) mass is 449 g/mol. The lowest BCUT2D eigenvalue weighted by Crippen LogP contribution is -2.50. The molecule has 162 valence electrons. The van der Waals surface area contributed by atoms with E-state index in [1.807, 2.05) is 24.4 Å². The molecule has 0 saturated carbocycles. The van der Waals surface area contributed by atoms with E-state index in [4.69, 9.17) is 0 Å². The molecule has 0 aliphatic carbocycles. The molecular formula is C21H27N3O4S2. The van der Waals surface area contributed by atoms with Gasteiger partial charge in [-0.05, 0) is 30.0 Å². The molecule has 1 fully saturated rings. The molecule has 0 bridgehead atoms. The maximum Gasteiger partial charge on any atom is 0.243 e. The normalized spacial score (nSPS) is 16.2. The van der Waals surface area contributed by atoms with E-state index >= 15 is 0 Å². The highest BCUT2D eigenvalue weighted by Crippen LogP contribution is 2.22. The Labute approximate surface area is 181 Å². The first-order chi connectivity index (χ1) is 14.4. The Balaban J connectivity index is 1.46. The first-order valence-electron chi connectivity index (χ1n) is 10.1. The van der Waals surface area contributed by atoms with E-state index in [0.717, 1.165) is 11.3 Å². The van der Waals surface area contributed by atoms with Crippen molar-refractivity contribution in [2.75, 3.05) is 26.2 Å². The summed E-state index contributed by atoms with van der Waals surface area (Å²) in [4.78, 5) is 27.8. The molecule has 0 radical (unpaired) electrons. The molecule has 1 aromatic heterocycles. The third kappa shape index (κ3) is 5.47. The fourth-order valence-corrected chi connectivity index (χ4v) is 5.73. The van der Waals surface area contributed by atoms with Gasteiger partial charge in [0.2, 0.25) is 21.8 Å². The van der Waals surface area contributed by atoms with Crippen LogP contribution in [0.5, 0.6) is 0 Å². The number of nitrogens with one attached hydrogen (secondary N) is 1. The number of piperazine rings is 1. The molecule has 9 heteroatoms. The van der Waals surface area contributed by atoms with E-state index in [9.17, 15) is 18.0 Å². The van der Waals surface area contributed by atoms with Crippen molar-refractivity contribution in [3.8, 4) is 0 Å². The minimum Gasteiger partial charge on any atom is -0.348 e. The Kier molecular flexibility index (Phi) is 7.63. The van der Waals surface area contributed by atoms with Crippen molar-refractivity contribution >= 4 is 33.2 Å². The molecule has 1 saturated heterocycles. The number of carbonyl (C=O) groups is 2. The highest BCUT2D eigenvalue weighted by atomic mass is 32.2. The number of hydrogen-bond acceptors (Lipinski definition) is 5. The average Bonchev–Trinajstić information content (AvgIpc) is 3.31. The number of nitrogens with zero attached hydrogens (tertiary/aromatic N) is 2. The zero-order valence-corrected chi connectivity index (χ0v) is 18.6. The maximum absolute atomic E-state index is 12.7. The molecule has 3 rings (SSSR count). The minimum atomic E-state index is -3.54. The van der Waals surface area contributed by atoms with E-state index in [2.05, 4.69) is 5.32 Å². The van der Waals surface area contributed by atoms with Crippen molar-refractivity contribution in [1.82, 2.24) is 14.5 Å². The lowest BCUT2D eigenvalue weighted by Gasteiger charge is -2.34. The summed E-state index contributed by atoms with van der Waals surface area (Å²) in [6.07, 6.45) is 1.04. The second kappa shape index (κ2) is 10.2. The largest absolute Gasteiger partial charge is 0.348 e. The smallest absolute Gasteiger partial charge is 0.243 e. The molecule has 1 atom stereocenters. The van der Waals surface area contributed by atoms with Gasteiger partial charge in [-0.15, -0.1) is 11.3 Å². The van der Waals surface area contributed by atoms with E-state index in [1.165, 1.54) is 4.31 Å². The second-order valence-electron chi connectivity index (χ2n) is 7.14. The van der Waals surface area contributed by atoms with Gasteiger partial charge in [0.25, 0.3) is 0 Å². The van der Waals surface area contributed by atoms with Gasteiger partial charge in [-0.1, -0.05) is 31.2 Å². The molecular weight excluding hydrogens is 422 g/mol. The van der Waals surface area contributed by atoms with Crippen LogP contribution in [-0.4, -0.2) is 55.6 Å². The van der Waals surface area contributed by atoms with Gasteiger partial charge in [-0.3, -0.25) is 9.59 Å². The first-order valence-corrected chi connectivity index (χ1v) is 12.4. The Morgan fingerprint density at radius 2 is 1.73 bits per heavy atom. The van der Waals surface area contributed by atoms with E-state index in [-0.39, 0.29) is 48.7 Å². The van der Waals surface area contributed by atoms with Gasteiger partial charge >= 0.3 is 0 Å². The van der Waals surface area contributed by atoms with Crippen molar-refractivity contribution in [2.24, 2.45) is 0 Å². The molecule has 1 N–H and O–H groups in total. The van der Waals surface area contributed by atoms with Gasteiger partial charge in [0.15, 0.2) is 0 Å². The number of benzene rings is 1. The van der Waals surface area contributed by atoms with Crippen molar-refractivity contribution in [3.63, 3.8) is 0 Å². The van der Waals surface area contributed by atoms with Gasteiger partial charge in [0, 0.05) is 43.9 Å². The van der Waals surface area contributed by atoms with Crippen molar-refractivity contribution in [3.05, 3.63) is 52.7 Å². The molecule has 1 aliphatic heterocycles. The molecule has 7 nitrogen and oxygen atoms in total. The lowest BCUT2D eigenvalue weighted by atomic mass is 10.1. The summed E-state index contributed by atoms with van der Waals surface area (Å²) in [5.74, 6) is -0.264. The summed E-state index contributed by atoms with van der Waals surface area (Å²) in [5.41, 5.74) is 0. The summed E-state index contributed by atoms with van der Waals surface area (Å²) in [6.45, 7) is 3.19. The van der Waals surface area contributed by atoms with Gasteiger partial charge < -0.3 is 10.2 Å². The predicted octanol–water partition coefficient (Wildman–Crippen LogP) is 2.63. The summed E-state index contributed by atoms with van der Waals surface area (Å²) >= 11 is 1.60. The Morgan fingerprint density at radius 1 is 1.03 bits per heavy atom. The van der Waals surface area contributed by atoms with Crippen LogP contribution in [-0.2, 0) is 19.6 Å². The van der Waals surface area contributed by atoms with Crippen LogP contribution in [0.1, 0.15) is 37.1 Å². The Hall–Kier alpha value is -2.23. The quantitative estimate of drug-likeness (QED) is 0.671. The van der Waals surface area contributed by atoms with Crippen LogP contribution in [0, 0.1) is 0 Å². The van der Waals surface area contributed by atoms with Gasteiger partial charge in [-0.2, -0.15) is 4.31 Å². The van der Waals surface area contributed by atoms with Gasteiger partial charge in [0.05, 0.1) is 10.9 Å². The molecule has 2 aromatic rings. The van der Waals surface area contributed by atoms with E-state index in [0.29, 0.717) is 13.1 Å². The number of thiophene rings is 1. The topological polar surface area (TPSA) is 86.8 Å². The third-order valence-corrected chi connectivity index (χ3v) is 8.07. The minimum absolute atomic E-state index is 0.0284. The Morgan fingerprint density at radius 3 is 2.33 bits per heavy atom. The number of sulfonamides is 1. The molecule has 2 heterocycles. The number of hydrogen-bond donors (Lipinski definition) is 1. The fraction of sp³-hybridized carbons (Fsp3) is 0.429. The molecule has 0 spiro atoms. The number of rotatable bonds is 8. The fourth-order valence-electron chi connectivity index (χ4n) is 3.43. The van der Waals surface area contributed by atoms with Gasteiger partial charge in [0.1, 0.15) is 0 Å². The zero-order valence-electron chi connectivity index (χ0n) is 17.0. The predicted molar refractivity (Wildman–Crippen MR) is 117 cm³/mol. The van der Waals surface area contributed by atoms with Crippen LogP contribution in [0.4, 0.5) is 0 Å². The molecule has 30 heavy (non-hydrogen) atoms. The number of carbonyl (C=O) groups excluding carboxylic acids is 2. The number of amides is 2. The third-order valence-electron chi connectivity index (χ3n) is 5.17. The summed E-state index contributed by atoms with van der Waals surface area (Å²) in [5, 5.41) is 4.96. The molecule has 1 aromatic carbocycles. The summed E-state index contributed by atoms with van der Waals surface area (Å²) < 4.78 is 26.8. The highest BCUT2D eigenvalue weighted by molar-refractivity contribution is 7.89. The van der Waals surface area contributed by atoms with Gasteiger partial charge in [-0.25, -0.2) is 8.42 Å². The van der Waals surface area contributed by atoms with Crippen LogP contribution in [0.25, 0.3) is 0 Å². The van der Waals surface area contributed by atoms with Crippen molar-refractivity contribution < 1.29 is 18.0 Å². The zero-order chi connectivity index (χ0) is 21.6. The standard InChI is InChI=1S/C21H27N3O4S2/c1-2-18(19-9-6-16-29-19)22-20(25)10-11-21(26)23-12-14-24(15-13-23)30(27,28)17-7-4-3-5-8-17/h3-9,16,18H,2,10-15H2,1H3,(H,22,25). The first kappa shape index (κ1) is 22.5. The maximum atomic E-state index is 12.7. The van der Waals surface area contributed by atoms with Crippen molar-refractivity contribution in [1.29, 1.82) is 0 Å². The summed E-state index contributed by atoms with van der Waals surface area (Å²) in [7, 11) is -3.54. The summed E-state index contributed by atoms with van der Waals surface area (Å²) in [6, 6.07) is 12.2. The van der Waals surface area contributed by atoms with Crippen LogP contribution >= 0.6 is 11.3 Å².